The molecule has 0 aromatic heterocycles. The number of para-hydroxylation sites is 2. The molecule has 3 aliphatic rings. The molecule has 8 heteroatoms. The Hall–Kier alpha value is -3.10. The highest BCUT2D eigenvalue weighted by molar-refractivity contribution is 5.93. The maximum absolute atomic E-state index is 10.3. The fourth-order valence-electron chi connectivity index (χ4n) is 3.03. The van der Waals surface area contributed by atoms with Crippen LogP contribution in [0.3, 0.4) is 0 Å². The van der Waals surface area contributed by atoms with Crippen molar-refractivity contribution in [2.75, 3.05) is 50.7 Å². The van der Waals surface area contributed by atoms with Crippen LogP contribution < -0.4 is 21.5 Å². The van der Waals surface area contributed by atoms with Crippen LogP contribution in [0.4, 0.5) is 11.4 Å². The minimum Gasteiger partial charge on any atom is -0.545 e. The Bertz CT molecular complexity index is 726. The molecule has 3 saturated heterocycles. The van der Waals surface area contributed by atoms with Crippen molar-refractivity contribution in [2.45, 2.75) is 0 Å². The Morgan fingerprint density at radius 2 is 1.29 bits per heavy atom. The number of carbonyl (C=O) groups excluding carboxylic acids is 1. The SMILES string of the molecule is C1C[NH+]2CCN1CC2.Nc1ccccc1C(=O)O.Nc1ccccc1C(=O)[O-]. The first kappa shape index (κ1) is 21.2. The number of fused-ring (bicyclic) bond motifs is 3. The number of nitrogens with one attached hydrogen (secondary N) is 1. The van der Waals surface area contributed by atoms with E-state index in [1.54, 1.807) is 30.3 Å². The molecule has 3 fully saturated rings. The number of nitrogens with zero attached hydrogens (tertiary/aromatic N) is 1. The fourth-order valence-corrected chi connectivity index (χ4v) is 3.03. The molecule has 2 aromatic rings. The van der Waals surface area contributed by atoms with E-state index in [0.29, 0.717) is 5.69 Å². The van der Waals surface area contributed by atoms with Gasteiger partial charge in [-0.25, -0.2) is 4.79 Å². The van der Waals surface area contributed by atoms with Gasteiger partial charge in [-0.05, 0) is 18.2 Å². The molecular weight excluding hydrogens is 360 g/mol. The number of piperazine rings is 3. The molecule has 3 aliphatic heterocycles. The average Bonchev–Trinajstić information content (AvgIpc) is 2.71. The lowest BCUT2D eigenvalue weighted by Crippen LogP contribution is -3.17. The topological polar surface area (TPSA) is 137 Å². The van der Waals surface area contributed by atoms with Crippen LogP contribution >= 0.6 is 0 Å². The van der Waals surface area contributed by atoms with Crippen LogP contribution in [0.2, 0.25) is 0 Å². The molecule has 5 rings (SSSR count). The third-order valence-electron chi connectivity index (χ3n) is 4.72. The lowest BCUT2D eigenvalue weighted by atomic mass is 10.2. The predicted molar refractivity (Wildman–Crippen MR) is 105 cm³/mol. The lowest BCUT2D eigenvalue weighted by Gasteiger charge is -2.38. The van der Waals surface area contributed by atoms with Crippen molar-refractivity contribution in [3.63, 3.8) is 0 Å². The summed E-state index contributed by atoms with van der Waals surface area (Å²) in [5.74, 6) is -2.23. The quantitative estimate of drug-likeness (QED) is 0.476. The Balaban J connectivity index is 0.000000151. The summed E-state index contributed by atoms with van der Waals surface area (Å²) in [6, 6.07) is 12.6. The number of carboxylic acid groups (broad SMARTS) is 2. The molecule has 0 aliphatic carbocycles. The van der Waals surface area contributed by atoms with E-state index < -0.39 is 11.9 Å². The van der Waals surface area contributed by atoms with Gasteiger partial charge in [0, 0.05) is 36.6 Å². The van der Waals surface area contributed by atoms with E-state index in [1.165, 1.54) is 57.5 Å². The summed E-state index contributed by atoms with van der Waals surface area (Å²) in [5.41, 5.74) is 11.4. The molecule has 6 N–H and O–H groups in total. The van der Waals surface area contributed by atoms with E-state index in [1.807, 2.05) is 4.90 Å². The third kappa shape index (κ3) is 6.26. The highest BCUT2D eigenvalue weighted by Gasteiger charge is 2.25. The van der Waals surface area contributed by atoms with E-state index >= 15 is 0 Å². The number of benzene rings is 2. The van der Waals surface area contributed by atoms with Crippen molar-refractivity contribution >= 4 is 23.3 Å². The molecule has 0 spiro atoms. The first-order chi connectivity index (χ1) is 13.4. The number of aromatic carboxylic acids is 2. The van der Waals surface area contributed by atoms with Crippen molar-refractivity contribution in [1.29, 1.82) is 0 Å². The maximum Gasteiger partial charge on any atom is 0.337 e. The summed E-state index contributed by atoms with van der Waals surface area (Å²) < 4.78 is 0. The van der Waals surface area contributed by atoms with Gasteiger partial charge in [0.2, 0.25) is 0 Å². The Kier molecular flexibility index (Phi) is 7.79. The van der Waals surface area contributed by atoms with Crippen molar-refractivity contribution in [3.8, 4) is 0 Å². The normalized spacial score (nSPS) is 19.4. The summed E-state index contributed by atoms with van der Waals surface area (Å²) in [6.07, 6.45) is 0. The monoisotopic (exact) mass is 386 g/mol. The van der Waals surface area contributed by atoms with Gasteiger partial charge in [0.25, 0.3) is 0 Å². The van der Waals surface area contributed by atoms with Gasteiger partial charge in [0.15, 0.2) is 0 Å². The predicted octanol–water partition coefficient (Wildman–Crippen LogP) is -1.20. The second kappa shape index (κ2) is 10.3. The zero-order valence-corrected chi connectivity index (χ0v) is 15.6. The maximum atomic E-state index is 10.3. The molecule has 2 bridgehead atoms. The number of hydrogen-bond donors (Lipinski definition) is 4. The zero-order valence-electron chi connectivity index (χ0n) is 15.6. The summed E-state index contributed by atoms with van der Waals surface area (Å²) >= 11 is 0. The number of carbonyl (C=O) groups is 2. The van der Waals surface area contributed by atoms with Gasteiger partial charge >= 0.3 is 5.97 Å². The molecule has 8 nitrogen and oxygen atoms in total. The molecular formula is C20H26N4O4. The molecule has 0 radical (unpaired) electrons. The van der Waals surface area contributed by atoms with Gasteiger partial charge in [-0.2, -0.15) is 0 Å². The second-order valence-corrected chi connectivity index (χ2v) is 6.61. The summed E-state index contributed by atoms with van der Waals surface area (Å²) in [5, 5.41) is 18.7. The number of nitrogens with two attached hydrogens (primary N) is 2. The fraction of sp³-hybridized carbons (Fsp3) is 0.300. The minimum atomic E-state index is -1.24. The summed E-state index contributed by atoms with van der Waals surface area (Å²) in [6.45, 7) is 8.28. The zero-order chi connectivity index (χ0) is 20.5. The van der Waals surface area contributed by atoms with E-state index in [9.17, 15) is 14.7 Å². The average molecular weight is 386 g/mol. The van der Waals surface area contributed by atoms with Gasteiger partial charge in [-0.1, -0.05) is 30.3 Å². The third-order valence-corrected chi connectivity index (χ3v) is 4.72. The van der Waals surface area contributed by atoms with Crippen LogP contribution in [0.5, 0.6) is 0 Å². The second-order valence-electron chi connectivity index (χ2n) is 6.61. The molecule has 3 heterocycles. The number of quaternary nitrogens is 1. The molecule has 150 valence electrons. The van der Waals surface area contributed by atoms with E-state index in [4.69, 9.17) is 16.6 Å². The Morgan fingerprint density at radius 3 is 1.50 bits per heavy atom. The molecule has 28 heavy (non-hydrogen) atoms. The van der Waals surface area contributed by atoms with Crippen LogP contribution in [0.15, 0.2) is 48.5 Å². The first-order valence-electron chi connectivity index (χ1n) is 9.08. The van der Waals surface area contributed by atoms with Crippen LogP contribution in [0.1, 0.15) is 20.7 Å². The van der Waals surface area contributed by atoms with Gasteiger partial charge in [0.1, 0.15) is 0 Å². The summed E-state index contributed by atoms with van der Waals surface area (Å²) in [4.78, 5) is 25.0. The lowest BCUT2D eigenvalue weighted by molar-refractivity contribution is -0.914. The van der Waals surface area contributed by atoms with Crippen LogP contribution in [0.25, 0.3) is 0 Å². The number of carboxylic acids is 2. The standard InChI is InChI=1S/2C7H7NO2.C6H12N2/c2*8-6-4-2-1-3-5(6)7(9)10;1-2-8-5-3-7(1)4-6-8/h2*1-4H,8H2,(H,9,10);1-6H2. The highest BCUT2D eigenvalue weighted by Crippen LogP contribution is 2.09. The van der Waals surface area contributed by atoms with Crippen molar-refractivity contribution in [2.24, 2.45) is 0 Å². The molecule has 2 aromatic carbocycles. The van der Waals surface area contributed by atoms with Gasteiger partial charge < -0.3 is 31.4 Å². The first-order valence-corrected chi connectivity index (χ1v) is 9.08. The van der Waals surface area contributed by atoms with Crippen LogP contribution in [0, 0.1) is 0 Å². The van der Waals surface area contributed by atoms with Gasteiger partial charge in [0.05, 0.1) is 31.2 Å². The smallest absolute Gasteiger partial charge is 0.337 e. The van der Waals surface area contributed by atoms with E-state index in [0.717, 1.165) is 0 Å². The summed E-state index contributed by atoms with van der Waals surface area (Å²) in [7, 11) is 0. The van der Waals surface area contributed by atoms with Crippen molar-refractivity contribution in [3.05, 3.63) is 59.7 Å². The van der Waals surface area contributed by atoms with Crippen LogP contribution in [-0.2, 0) is 0 Å². The largest absolute Gasteiger partial charge is 0.545 e. The Morgan fingerprint density at radius 1 is 0.857 bits per heavy atom. The number of nitrogen functional groups attached to an aromatic ring is 2. The van der Waals surface area contributed by atoms with E-state index in [2.05, 4.69) is 4.90 Å². The number of hydrogen-bond acceptors (Lipinski definition) is 6. The van der Waals surface area contributed by atoms with Gasteiger partial charge in [-0.15, -0.1) is 0 Å². The number of rotatable bonds is 2. The molecule has 0 atom stereocenters. The minimum absolute atomic E-state index is 0.0440. The van der Waals surface area contributed by atoms with Crippen molar-refractivity contribution in [1.82, 2.24) is 4.90 Å². The molecule has 0 amide bonds. The van der Waals surface area contributed by atoms with Gasteiger partial charge in [-0.3, -0.25) is 4.90 Å². The number of anilines is 2. The van der Waals surface area contributed by atoms with E-state index in [-0.39, 0.29) is 16.8 Å². The van der Waals surface area contributed by atoms with Crippen molar-refractivity contribution < 1.29 is 24.7 Å². The Labute approximate surface area is 164 Å². The highest BCUT2D eigenvalue weighted by atomic mass is 16.4. The van der Waals surface area contributed by atoms with Crippen LogP contribution in [-0.4, -0.2) is 61.2 Å². The molecule has 0 unspecified atom stereocenters. The molecule has 0 saturated carbocycles.